The van der Waals surface area contributed by atoms with E-state index in [1.165, 1.54) is 7.11 Å². The minimum Gasteiger partial charge on any atom is -0.467 e. The highest BCUT2D eigenvalue weighted by Gasteiger charge is 2.19. The molecule has 0 aromatic heterocycles. The van der Waals surface area contributed by atoms with Gasteiger partial charge in [-0.2, -0.15) is 0 Å². The van der Waals surface area contributed by atoms with Gasteiger partial charge in [-0.1, -0.05) is 20.8 Å². The zero-order valence-electron chi connectivity index (χ0n) is 9.29. The Morgan fingerprint density at radius 2 is 1.93 bits per heavy atom. The lowest BCUT2D eigenvalue weighted by Crippen LogP contribution is -2.41. The van der Waals surface area contributed by atoms with Crippen LogP contribution in [-0.4, -0.2) is 25.0 Å². The predicted octanol–water partition coefficient (Wildman–Crippen LogP) is 1.10. The molecule has 14 heavy (non-hydrogen) atoms. The first kappa shape index (κ1) is 12.9. The second kappa shape index (κ2) is 6.40. The summed E-state index contributed by atoms with van der Waals surface area (Å²) < 4.78 is 4.56. The van der Waals surface area contributed by atoms with Crippen molar-refractivity contribution < 1.29 is 14.3 Å². The van der Waals surface area contributed by atoms with Gasteiger partial charge in [-0.15, -0.1) is 0 Å². The molecule has 0 bridgehead atoms. The Balaban J connectivity index is 4.05. The summed E-state index contributed by atoms with van der Waals surface area (Å²) in [4.78, 5) is 22.5. The topological polar surface area (TPSA) is 55.4 Å². The second-order valence-electron chi connectivity index (χ2n) is 3.65. The van der Waals surface area contributed by atoms with E-state index in [1.807, 2.05) is 20.8 Å². The van der Waals surface area contributed by atoms with Gasteiger partial charge in [-0.25, -0.2) is 4.79 Å². The fourth-order valence-corrected chi connectivity index (χ4v) is 1.09. The molecule has 0 fully saturated rings. The van der Waals surface area contributed by atoms with Crippen LogP contribution < -0.4 is 5.32 Å². The van der Waals surface area contributed by atoms with E-state index in [0.717, 1.165) is 0 Å². The number of methoxy groups -OCH3 is 1. The maximum absolute atomic E-state index is 11.3. The molecule has 0 aromatic rings. The van der Waals surface area contributed by atoms with Crippen molar-refractivity contribution in [2.24, 2.45) is 5.92 Å². The van der Waals surface area contributed by atoms with Crippen LogP contribution in [0.25, 0.3) is 0 Å². The zero-order chi connectivity index (χ0) is 11.1. The first-order chi connectivity index (χ1) is 6.51. The molecule has 0 spiro atoms. The largest absolute Gasteiger partial charge is 0.467 e. The summed E-state index contributed by atoms with van der Waals surface area (Å²) in [5.41, 5.74) is 0. The Kier molecular flexibility index (Phi) is 5.92. The fourth-order valence-electron chi connectivity index (χ4n) is 1.09. The molecular formula is C10H19NO3. The number of esters is 1. The van der Waals surface area contributed by atoms with E-state index in [4.69, 9.17) is 0 Å². The van der Waals surface area contributed by atoms with Gasteiger partial charge in [0, 0.05) is 6.42 Å². The number of hydrogen-bond donors (Lipinski definition) is 1. The van der Waals surface area contributed by atoms with Crippen LogP contribution >= 0.6 is 0 Å². The number of amides is 1. The van der Waals surface area contributed by atoms with Gasteiger partial charge in [0.15, 0.2) is 0 Å². The molecule has 0 radical (unpaired) electrons. The van der Waals surface area contributed by atoms with Gasteiger partial charge in [-0.05, 0) is 12.3 Å². The van der Waals surface area contributed by atoms with Crippen LogP contribution in [0.1, 0.15) is 33.6 Å². The monoisotopic (exact) mass is 201 g/mol. The van der Waals surface area contributed by atoms with Crippen LogP contribution in [-0.2, 0) is 14.3 Å². The summed E-state index contributed by atoms with van der Waals surface area (Å²) in [7, 11) is 1.32. The van der Waals surface area contributed by atoms with E-state index >= 15 is 0 Å². The number of carbonyl (C=O) groups excluding carboxylic acids is 2. The molecule has 1 amide bonds. The summed E-state index contributed by atoms with van der Waals surface area (Å²) in [6, 6.07) is -0.508. The number of nitrogens with one attached hydrogen (secondary N) is 1. The normalized spacial score (nSPS) is 12.4. The third-order valence-electron chi connectivity index (χ3n) is 1.82. The smallest absolute Gasteiger partial charge is 0.328 e. The molecule has 0 aliphatic carbocycles. The lowest BCUT2D eigenvalue weighted by Gasteiger charge is -2.15. The van der Waals surface area contributed by atoms with Crippen molar-refractivity contribution in [1.82, 2.24) is 5.32 Å². The lowest BCUT2D eigenvalue weighted by atomic mass is 10.1. The summed E-state index contributed by atoms with van der Waals surface area (Å²) >= 11 is 0. The molecule has 0 heterocycles. The van der Waals surface area contributed by atoms with Crippen LogP contribution in [0, 0.1) is 5.92 Å². The zero-order valence-corrected chi connectivity index (χ0v) is 9.29. The third-order valence-corrected chi connectivity index (χ3v) is 1.82. The first-order valence-corrected chi connectivity index (χ1v) is 4.88. The van der Waals surface area contributed by atoms with Crippen LogP contribution in [0.2, 0.25) is 0 Å². The summed E-state index contributed by atoms with van der Waals surface area (Å²) in [6.07, 6.45) is 0.990. The minimum absolute atomic E-state index is 0.0998. The molecule has 4 heteroatoms. The Morgan fingerprint density at radius 3 is 2.29 bits per heavy atom. The number of rotatable bonds is 5. The average molecular weight is 201 g/mol. The number of ether oxygens (including phenoxy) is 1. The van der Waals surface area contributed by atoms with E-state index in [1.54, 1.807) is 0 Å². The van der Waals surface area contributed by atoms with Crippen molar-refractivity contribution in [3.63, 3.8) is 0 Å². The molecular weight excluding hydrogens is 182 g/mol. The van der Waals surface area contributed by atoms with Gasteiger partial charge in [0.2, 0.25) is 5.91 Å². The van der Waals surface area contributed by atoms with Gasteiger partial charge in [-0.3, -0.25) is 4.79 Å². The lowest BCUT2D eigenvalue weighted by molar-refractivity contribution is -0.145. The minimum atomic E-state index is -0.508. The van der Waals surface area contributed by atoms with Gasteiger partial charge >= 0.3 is 5.97 Å². The maximum Gasteiger partial charge on any atom is 0.328 e. The molecule has 0 rings (SSSR count). The summed E-state index contributed by atoms with van der Waals surface area (Å²) in [5.74, 6) is -0.188. The highest BCUT2D eigenvalue weighted by atomic mass is 16.5. The van der Waals surface area contributed by atoms with Gasteiger partial charge in [0.05, 0.1) is 7.11 Å². The predicted molar refractivity (Wildman–Crippen MR) is 53.7 cm³/mol. The van der Waals surface area contributed by atoms with E-state index in [9.17, 15) is 9.59 Å². The van der Waals surface area contributed by atoms with E-state index in [-0.39, 0.29) is 11.9 Å². The van der Waals surface area contributed by atoms with E-state index < -0.39 is 6.04 Å². The van der Waals surface area contributed by atoms with Crippen LogP contribution in [0.15, 0.2) is 0 Å². The standard InChI is InChI=1S/C10H19NO3/c1-5-8(10(13)14-4)11-9(12)6-7(2)3/h7-8H,5-6H2,1-4H3,(H,11,12)/t8-/m0/s1. The van der Waals surface area contributed by atoms with Crippen LogP contribution in [0.5, 0.6) is 0 Å². The maximum atomic E-state index is 11.3. The highest BCUT2D eigenvalue weighted by Crippen LogP contribution is 2.01. The quantitative estimate of drug-likeness (QED) is 0.678. The highest BCUT2D eigenvalue weighted by molar-refractivity contribution is 5.84. The molecule has 0 aromatic carbocycles. The Hall–Kier alpha value is -1.06. The molecule has 4 nitrogen and oxygen atoms in total. The van der Waals surface area contributed by atoms with Gasteiger partial charge in [0.25, 0.3) is 0 Å². The van der Waals surface area contributed by atoms with Crippen molar-refractivity contribution >= 4 is 11.9 Å². The molecule has 0 aliphatic rings. The molecule has 0 saturated carbocycles. The number of carbonyl (C=O) groups is 2. The second-order valence-corrected chi connectivity index (χ2v) is 3.65. The van der Waals surface area contributed by atoms with Crippen molar-refractivity contribution in [1.29, 1.82) is 0 Å². The summed E-state index contributed by atoms with van der Waals surface area (Å²) in [5, 5.41) is 2.64. The molecule has 1 N–H and O–H groups in total. The van der Waals surface area contributed by atoms with E-state index in [0.29, 0.717) is 18.8 Å². The SMILES string of the molecule is CC[C@H](NC(=O)CC(C)C)C(=O)OC. The van der Waals surface area contributed by atoms with Crippen molar-refractivity contribution in [2.75, 3.05) is 7.11 Å². The molecule has 0 aliphatic heterocycles. The average Bonchev–Trinajstić information content (AvgIpc) is 2.11. The fraction of sp³-hybridized carbons (Fsp3) is 0.800. The Bertz CT molecular complexity index is 202. The molecule has 82 valence electrons. The third kappa shape index (κ3) is 4.84. The Morgan fingerprint density at radius 1 is 1.36 bits per heavy atom. The first-order valence-electron chi connectivity index (χ1n) is 4.88. The van der Waals surface area contributed by atoms with Crippen LogP contribution in [0.3, 0.4) is 0 Å². The van der Waals surface area contributed by atoms with Gasteiger partial charge in [0.1, 0.15) is 6.04 Å². The van der Waals surface area contributed by atoms with E-state index in [2.05, 4.69) is 10.1 Å². The van der Waals surface area contributed by atoms with Crippen molar-refractivity contribution in [3.8, 4) is 0 Å². The molecule has 0 unspecified atom stereocenters. The van der Waals surface area contributed by atoms with Gasteiger partial charge < -0.3 is 10.1 Å². The molecule has 0 saturated heterocycles. The van der Waals surface area contributed by atoms with Crippen LogP contribution in [0.4, 0.5) is 0 Å². The summed E-state index contributed by atoms with van der Waals surface area (Å²) in [6.45, 7) is 5.74. The number of hydrogen-bond acceptors (Lipinski definition) is 3. The van der Waals surface area contributed by atoms with Crippen molar-refractivity contribution in [2.45, 2.75) is 39.7 Å². The van der Waals surface area contributed by atoms with Crippen molar-refractivity contribution in [3.05, 3.63) is 0 Å². The Labute approximate surface area is 85.0 Å². The molecule has 1 atom stereocenters.